The summed E-state index contributed by atoms with van der Waals surface area (Å²) in [6, 6.07) is 14.3. The molecule has 2 aromatic carbocycles. The van der Waals surface area contributed by atoms with Crippen molar-refractivity contribution in [3.8, 4) is 22.8 Å². The molecule has 3 aromatic rings. The Kier molecular flexibility index (Phi) is 6.70. The molecular weight excluding hydrogens is 435 g/mol. The number of benzene rings is 2. The Hall–Kier alpha value is -2.55. The fourth-order valence-corrected chi connectivity index (χ4v) is 4.38. The Bertz CT molecular complexity index is 1080. The van der Waals surface area contributed by atoms with Crippen molar-refractivity contribution < 1.29 is 18.8 Å². The van der Waals surface area contributed by atoms with Crippen LogP contribution in [0.3, 0.4) is 0 Å². The molecule has 0 spiro atoms. The average molecular weight is 466 g/mol. The van der Waals surface area contributed by atoms with Crippen LogP contribution in [0.2, 0.25) is 0 Å². The third kappa shape index (κ3) is 5.03. The van der Waals surface area contributed by atoms with Gasteiger partial charge in [0, 0.05) is 17.5 Å². The van der Waals surface area contributed by atoms with Gasteiger partial charge in [-0.05, 0) is 57.3 Å². The van der Waals surface area contributed by atoms with Gasteiger partial charge in [-0.3, -0.25) is 0 Å². The van der Waals surface area contributed by atoms with Gasteiger partial charge in [0.25, 0.3) is 0 Å². The molecule has 4 rings (SSSR count). The molecule has 8 heteroatoms. The van der Waals surface area contributed by atoms with Crippen molar-refractivity contribution in [1.82, 2.24) is 4.98 Å². The predicted octanol–water partition coefficient (Wildman–Crippen LogP) is 4.78. The lowest BCUT2D eigenvalue weighted by atomic mass is 9.79. The third-order valence-corrected chi connectivity index (χ3v) is 7.17. The van der Waals surface area contributed by atoms with Gasteiger partial charge in [0.1, 0.15) is 0 Å². The van der Waals surface area contributed by atoms with Crippen LogP contribution in [-0.4, -0.2) is 44.1 Å². The highest BCUT2D eigenvalue weighted by Crippen LogP contribution is 2.36. The summed E-state index contributed by atoms with van der Waals surface area (Å²) in [6.45, 7) is 9.04. The molecule has 0 saturated carbocycles. The number of thiazole rings is 1. The normalized spacial score (nSPS) is 16.6. The van der Waals surface area contributed by atoms with Gasteiger partial charge in [-0.25, -0.2) is 4.98 Å². The maximum absolute atomic E-state index is 6.15. The van der Waals surface area contributed by atoms with Crippen LogP contribution < -0.4 is 20.3 Å². The number of hydrogen-bond donors (Lipinski definition) is 1. The lowest BCUT2D eigenvalue weighted by molar-refractivity contribution is 0.00578. The van der Waals surface area contributed by atoms with Crippen LogP contribution >= 0.6 is 11.3 Å². The molecule has 1 aliphatic rings. The number of hydrogen-bond acceptors (Lipinski definition) is 7. The molecule has 33 heavy (non-hydrogen) atoms. The van der Waals surface area contributed by atoms with Crippen LogP contribution in [0, 0.1) is 0 Å². The lowest BCUT2D eigenvalue weighted by Crippen LogP contribution is -2.41. The highest BCUT2D eigenvalue weighted by atomic mass is 32.1. The van der Waals surface area contributed by atoms with Crippen LogP contribution in [0.4, 0.5) is 5.13 Å². The van der Waals surface area contributed by atoms with Gasteiger partial charge >= 0.3 is 7.12 Å². The van der Waals surface area contributed by atoms with Crippen molar-refractivity contribution in [2.45, 2.75) is 45.3 Å². The fraction of sp³-hybridized carbons (Fsp3) is 0.400. The number of rotatable bonds is 8. The maximum Gasteiger partial charge on any atom is 0.494 e. The minimum atomic E-state index is -0.353. The molecule has 1 saturated heterocycles. The second-order valence-corrected chi connectivity index (χ2v) is 9.97. The van der Waals surface area contributed by atoms with E-state index in [9.17, 15) is 0 Å². The molecule has 2 heterocycles. The topological polar surface area (TPSA) is 61.8 Å². The van der Waals surface area contributed by atoms with E-state index in [1.165, 1.54) is 5.56 Å². The zero-order chi connectivity index (χ0) is 23.6. The van der Waals surface area contributed by atoms with E-state index >= 15 is 0 Å². The van der Waals surface area contributed by atoms with E-state index in [1.807, 2.05) is 12.1 Å². The molecule has 0 amide bonds. The third-order valence-electron chi connectivity index (χ3n) is 6.37. The van der Waals surface area contributed by atoms with Crippen molar-refractivity contribution in [3.05, 3.63) is 53.4 Å². The van der Waals surface area contributed by atoms with Crippen molar-refractivity contribution in [2.75, 3.05) is 26.1 Å². The van der Waals surface area contributed by atoms with Crippen LogP contribution in [0.25, 0.3) is 11.3 Å². The minimum Gasteiger partial charge on any atom is -0.493 e. The van der Waals surface area contributed by atoms with Crippen LogP contribution in [-0.2, 0) is 15.7 Å². The number of nitrogens with one attached hydrogen (secondary N) is 1. The Morgan fingerprint density at radius 3 is 2.24 bits per heavy atom. The van der Waals surface area contributed by atoms with Gasteiger partial charge in [0.15, 0.2) is 16.6 Å². The summed E-state index contributed by atoms with van der Waals surface area (Å²) in [5.74, 6) is 1.48. The van der Waals surface area contributed by atoms with Crippen LogP contribution in [0.5, 0.6) is 11.5 Å². The Morgan fingerprint density at radius 2 is 1.61 bits per heavy atom. The summed E-state index contributed by atoms with van der Waals surface area (Å²) >= 11 is 1.61. The monoisotopic (exact) mass is 466 g/mol. The molecule has 0 unspecified atom stereocenters. The molecule has 1 aliphatic heterocycles. The molecular formula is C25H31BN2O4S. The summed E-state index contributed by atoms with van der Waals surface area (Å²) in [4.78, 5) is 4.75. The zero-order valence-corrected chi connectivity index (χ0v) is 20.9. The molecule has 0 bridgehead atoms. The number of ether oxygens (including phenoxy) is 2. The van der Waals surface area contributed by atoms with Gasteiger partial charge in [0.2, 0.25) is 0 Å². The summed E-state index contributed by atoms with van der Waals surface area (Å²) in [5.41, 5.74) is 3.52. The van der Waals surface area contributed by atoms with E-state index in [4.69, 9.17) is 23.8 Å². The second-order valence-electron chi connectivity index (χ2n) is 9.11. The zero-order valence-electron chi connectivity index (χ0n) is 20.1. The van der Waals surface area contributed by atoms with E-state index in [-0.39, 0.29) is 18.3 Å². The molecule has 0 radical (unpaired) electrons. The Labute approximate surface area is 200 Å². The van der Waals surface area contributed by atoms with Crippen LogP contribution in [0.15, 0.2) is 47.8 Å². The number of anilines is 1. The van der Waals surface area contributed by atoms with E-state index in [0.717, 1.165) is 46.3 Å². The first-order valence-electron chi connectivity index (χ1n) is 11.1. The SMILES string of the molecule is COc1ccc(CCNc2nc(-c3ccc(B4OC(C)(C)C(C)(C)O4)cc3)cs2)cc1OC. The largest absolute Gasteiger partial charge is 0.494 e. The van der Waals surface area contributed by atoms with Gasteiger partial charge in [-0.15, -0.1) is 11.3 Å². The van der Waals surface area contributed by atoms with Crippen molar-refractivity contribution in [2.24, 2.45) is 0 Å². The molecule has 1 aromatic heterocycles. The van der Waals surface area contributed by atoms with Gasteiger partial charge in [0.05, 0.1) is 31.1 Å². The van der Waals surface area contributed by atoms with Crippen molar-refractivity contribution >= 4 is 29.0 Å². The molecule has 1 fully saturated rings. The summed E-state index contributed by atoms with van der Waals surface area (Å²) in [7, 11) is 2.94. The van der Waals surface area contributed by atoms with E-state index in [2.05, 4.69) is 68.7 Å². The molecule has 174 valence electrons. The molecule has 0 aliphatic carbocycles. The average Bonchev–Trinajstić information content (AvgIpc) is 3.35. The highest BCUT2D eigenvalue weighted by molar-refractivity contribution is 7.14. The second kappa shape index (κ2) is 9.37. The first-order valence-corrected chi connectivity index (χ1v) is 12.0. The summed E-state index contributed by atoms with van der Waals surface area (Å²) in [5, 5.41) is 6.39. The molecule has 0 atom stereocenters. The number of aromatic nitrogens is 1. The fourth-order valence-electron chi connectivity index (χ4n) is 3.63. The summed E-state index contributed by atoms with van der Waals surface area (Å²) < 4.78 is 23.0. The first kappa shape index (κ1) is 23.6. The van der Waals surface area contributed by atoms with Crippen molar-refractivity contribution in [3.63, 3.8) is 0 Å². The minimum absolute atomic E-state index is 0.344. The maximum atomic E-state index is 6.15. The van der Waals surface area contributed by atoms with Gasteiger partial charge < -0.3 is 24.1 Å². The van der Waals surface area contributed by atoms with Gasteiger partial charge in [-0.1, -0.05) is 30.3 Å². The molecule has 6 nitrogen and oxygen atoms in total. The predicted molar refractivity (Wildman–Crippen MR) is 135 cm³/mol. The Balaban J connectivity index is 1.35. The van der Waals surface area contributed by atoms with Crippen molar-refractivity contribution in [1.29, 1.82) is 0 Å². The van der Waals surface area contributed by atoms with E-state index in [1.54, 1.807) is 25.6 Å². The quantitative estimate of drug-likeness (QED) is 0.482. The highest BCUT2D eigenvalue weighted by Gasteiger charge is 2.51. The molecule has 1 N–H and O–H groups in total. The van der Waals surface area contributed by atoms with Gasteiger partial charge in [-0.2, -0.15) is 0 Å². The van der Waals surface area contributed by atoms with E-state index in [0.29, 0.717) is 0 Å². The Morgan fingerprint density at radius 1 is 0.939 bits per heavy atom. The lowest BCUT2D eigenvalue weighted by Gasteiger charge is -2.32. The number of methoxy groups -OCH3 is 2. The smallest absolute Gasteiger partial charge is 0.493 e. The summed E-state index contributed by atoms with van der Waals surface area (Å²) in [6.07, 6.45) is 0.859. The van der Waals surface area contributed by atoms with E-state index < -0.39 is 0 Å². The number of nitrogens with zero attached hydrogens (tertiary/aromatic N) is 1. The first-order chi connectivity index (χ1) is 15.7. The standard InChI is InChI=1S/C25H31BN2O4S/c1-24(2)25(3,4)32-26(31-24)19-10-8-18(9-11-19)20-16-33-23(28-20)27-14-13-17-7-12-21(29-5)22(15-17)30-6/h7-12,15-16H,13-14H2,1-6H3,(H,27,28). The van der Waals surface area contributed by atoms with Crippen LogP contribution in [0.1, 0.15) is 33.3 Å².